The molecule has 1 aliphatic rings. The molecule has 8 nitrogen and oxygen atoms in total. The van der Waals surface area contributed by atoms with Crippen LogP contribution in [-0.4, -0.2) is 53.0 Å². The van der Waals surface area contributed by atoms with E-state index in [2.05, 4.69) is 413 Å². The topological polar surface area (TPSA) is 95.1 Å². The maximum atomic E-state index is 9.31. The largest absolute Gasteiger partial charge is 0.496 e. The van der Waals surface area contributed by atoms with E-state index < -0.39 is 25.4 Å². The highest BCUT2D eigenvalue weighted by Crippen LogP contribution is 2.48. The molecule has 0 amide bonds. The van der Waals surface area contributed by atoms with Crippen molar-refractivity contribution in [2.24, 2.45) is 0 Å². The number of para-hydroxylation sites is 4. The molecule has 0 spiro atoms. The standard InChI is InChI=1S/C54H35NO.C48H40BNO2.C12H9BO3.CH4.B/c1-3-16-36(17-4-1)40-20-7-9-22-42(40)38-30-32-50-47(34-38)48-35-39(43-23-10-8-21-41(43)37-18-5-2-6-19-37)31-33-51(48)55(50)49-27-13-11-24-44(49)45-26-15-29-53-54(45)46-25-12-14-28-52(46)56-53;1-47(2)48(3,4)52-49(51-47)43-25-15-16-26-46(43)50-44-29-27-35(39-23-13-11-21-37(39)33-17-7-5-8-18-33)31-41(44)42-32-36(28-30-45(42)50)40-24-14-12-22-38(40)34-19-9-6-10-20-34;14-13(15)9-5-3-7-11-12(9)8-4-1-2-6-10(8)16-11;;/h1-35H;5-32H,1-4H3;1-7,14-15H;1H4;. The second kappa shape index (κ2) is 33.8. The number of hydrogen-bond acceptors (Lipinski definition) is 6. The van der Waals surface area contributed by atoms with Crippen LogP contribution in [0.15, 0.2) is 433 Å². The molecule has 5 heterocycles. The number of rotatable bonds is 13. The van der Waals surface area contributed by atoms with Crippen molar-refractivity contribution in [2.75, 3.05) is 0 Å². The lowest BCUT2D eigenvalue weighted by molar-refractivity contribution is 0.00578. The molecule has 11 heteroatoms. The van der Waals surface area contributed by atoms with Gasteiger partial charge in [-0.25, -0.2) is 0 Å². The van der Waals surface area contributed by atoms with Gasteiger partial charge in [-0.2, -0.15) is 0 Å². The first-order valence-corrected chi connectivity index (χ1v) is 42.3. The van der Waals surface area contributed by atoms with Gasteiger partial charge in [-0.05, 0) is 213 Å². The molecule has 1 aliphatic heterocycles. The molecule has 2 N–H and O–H groups in total. The van der Waals surface area contributed by atoms with E-state index in [1.54, 1.807) is 12.1 Å². The fourth-order valence-electron chi connectivity index (χ4n) is 18.4. The first-order chi connectivity index (χ1) is 60.9. The van der Waals surface area contributed by atoms with Crippen LogP contribution in [0.1, 0.15) is 35.1 Å². The molecule has 0 bridgehead atoms. The van der Waals surface area contributed by atoms with Crippen molar-refractivity contribution in [3.05, 3.63) is 425 Å². The van der Waals surface area contributed by atoms with Crippen LogP contribution in [-0.2, 0) is 9.31 Å². The summed E-state index contributed by atoms with van der Waals surface area (Å²) in [7, 11) is -1.98. The summed E-state index contributed by atoms with van der Waals surface area (Å²) < 4.78 is 30.1. The molecule has 18 aromatic carbocycles. The maximum absolute atomic E-state index is 9.31. The molecule has 126 heavy (non-hydrogen) atoms. The van der Waals surface area contributed by atoms with Gasteiger partial charge in [-0.3, -0.25) is 0 Å². The smallest absolute Gasteiger partial charge is 0.456 e. The van der Waals surface area contributed by atoms with Gasteiger partial charge < -0.3 is 37.3 Å². The van der Waals surface area contributed by atoms with Gasteiger partial charge in [0.2, 0.25) is 0 Å². The summed E-state index contributed by atoms with van der Waals surface area (Å²) in [6.07, 6.45) is 0. The number of furan rings is 2. The van der Waals surface area contributed by atoms with Gasteiger partial charge in [0.25, 0.3) is 0 Å². The SMILES string of the molecule is C.CC1(C)OB(c2ccccc2-n2c3ccc(-c4ccccc4-c4ccccc4)cc3c3cc(-c4ccccc4-c4ccccc4)ccc32)OC1(C)C.OB(O)c1cccc2oc3ccccc3c12.[B].c1ccc(-c2ccccc2-c2ccc3c(c2)c2cc(-c4ccccc4-c4ccccc4)ccc2n3-c2ccccc2-c2cccc3oc4ccccc4c23)cc1. The Balaban J connectivity index is 0.000000138. The highest BCUT2D eigenvalue weighted by atomic mass is 16.7. The van der Waals surface area contributed by atoms with Crippen molar-refractivity contribution in [2.45, 2.75) is 46.3 Å². The van der Waals surface area contributed by atoms with Crippen molar-refractivity contribution < 1.29 is 28.2 Å². The highest BCUT2D eigenvalue weighted by Gasteiger charge is 2.52. The van der Waals surface area contributed by atoms with E-state index in [4.69, 9.17) is 18.1 Å². The third-order valence-electron chi connectivity index (χ3n) is 25.1. The summed E-state index contributed by atoms with van der Waals surface area (Å²) in [6.45, 7) is 8.44. The minimum atomic E-state index is -1.48. The van der Waals surface area contributed by atoms with E-state index in [0.717, 1.165) is 88.3 Å². The summed E-state index contributed by atoms with van der Waals surface area (Å²) in [5.41, 5.74) is 32.2. The predicted octanol–water partition coefficient (Wildman–Crippen LogP) is 28.3. The first-order valence-electron chi connectivity index (χ1n) is 42.3. The van der Waals surface area contributed by atoms with Crippen molar-refractivity contribution in [3.8, 4) is 112 Å². The number of nitrogens with zero attached hydrogens (tertiary/aromatic N) is 2. The lowest BCUT2D eigenvalue weighted by Gasteiger charge is -2.32. The Kier molecular flexibility index (Phi) is 21.7. The van der Waals surface area contributed by atoms with Gasteiger partial charge in [0, 0.05) is 68.2 Å². The highest BCUT2D eigenvalue weighted by molar-refractivity contribution is 6.64. The average molecular weight is 1630 g/mol. The normalized spacial score (nSPS) is 12.8. The lowest BCUT2D eigenvalue weighted by Crippen LogP contribution is -2.41. The molecule has 23 rings (SSSR count). The van der Waals surface area contributed by atoms with Crippen molar-refractivity contribution in [3.63, 3.8) is 0 Å². The van der Waals surface area contributed by atoms with E-state index in [9.17, 15) is 10.0 Å². The first kappa shape index (κ1) is 80.9. The zero-order chi connectivity index (χ0) is 83.6. The number of hydrogen-bond donors (Lipinski definition) is 2. The Bertz CT molecular complexity index is 7510. The second-order valence-corrected chi connectivity index (χ2v) is 32.9. The van der Waals surface area contributed by atoms with Crippen LogP contribution in [0.2, 0.25) is 0 Å². The van der Waals surface area contributed by atoms with Crippen LogP contribution in [0.5, 0.6) is 0 Å². The minimum absolute atomic E-state index is 0. The van der Waals surface area contributed by atoms with Crippen molar-refractivity contribution in [1.29, 1.82) is 0 Å². The van der Waals surface area contributed by atoms with Crippen LogP contribution >= 0.6 is 0 Å². The molecule has 1 saturated heterocycles. The Morgan fingerprint density at radius 3 is 0.905 bits per heavy atom. The molecule has 603 valence electrons. The molecule has 3 radical (unpaired) electrons. The molecular formula is C115H88B3N2O6. The Morgan fingerprint density at radius 1 is 0.246 bits per heavy atom. The number of benzene rings is 18. The van der Waals surface area contributed by atoms with Crippen molar-refractivity contribution >= 4 is 121 Å². The Labute approximate surface area is 736 Å². The third-order valence-corrected chi connectivity index (χ3v) is 25.1. The molecule has 4 aromatic heterocycles. The molecule has 0 atom stereocenters. The predicted molar refractivity (Wildman–Crippen MR) is 530 cm³/mol. The van der Waals surface area contributed by atoms with Crippen LogP contribution < -0.4 is 10.9 Å². The van der Waals surface area contributed by atoms with E-state index in [1.807, 2.05) is 36.4 Å². The van der Waals surface area contributed by atoms with Gasteiger partial charge in [-0.1, -0.05) is 347 Å². The van der Waals surface area contributed by atoms with Gasteiger partial charge in [-0.15, -0.1) is 0 Å². The molecule has 0 unspecified atom stereocenters. The monoisotopic (exact) mass is 1630 g/mol. The van der Waals surface area contributed by atoms with Crippen LogP contribution in [0.3, 0.4) is 0 Å². The molecule has 0 aliphatic carbocycles. The van der Waals surface area contributed by atoms with Crippen molar-refractivity contribution in [1.82, 2.24) is 9.13 Å². The summed E-state index contributed by atoms with van der Waals surface area (Å²) in [5, 5.41) is 27.4. The zero-order valence-electron chi connectivity index (χ0n) is 69.6. The van der Waals surface area contributed by atoms with E-state index in [1.165, 1.54) is 111 Å². The molecular weight excluding hydrogens is 1540 g/mol. The summed E-state index contributed by atoms with van der Waals surface area (Å²) in [5.74, 6) is 0. The molecule has 0 saturated carbocycles. The van der Waals surface area contributed by atoms with E-state index in [-0.39, 0.29) is 15.8 Å². The zero-order valence-corrected chi connectivity index (χ0v) is 69.6. The van der Waals surface area contributed by atoms with E-state index in [0.29, 0.717) is 11.0 Å². The molecule has 22 aromatic rings. The third kappa shape index (κ3) is 14.6. The number of fused-ring (bicyclic) bond motifs is 12. The summed E-state index contributed by atoms with van der Waals surface area (Å²) in [4.78, 5) is 0. The van der Waals surface area contributed by atoms with Crippen LogP contribution in [0.25, 0.3) is 199 Å². The second-order valence-electron chi connectivity index (χ2n) is 32.9. The lowest BCUT2D eigenvalue weighted by atomic mass is 9.77. The summed E-state index contributed by atoms with van der Waals surface area (Å²) >= 11 is 0. The fourth-order valence-corrected chi connectivity index (χ4v) is 18.4. The Hall–Kier alpha value is -14.8. The number of aromatic nitrogens is 2. The average Bonchev–Trinajstić information content (AvgIpc) is 1.57. The fraction of sp³-hybridized carbons (Fsp3) is 0.0609. The minimum Gasteiger partial charge on any atom is -0.456 e. The maximum Gasteiger partial charge on any atom is 0.496 e. The Morgan fingerprint density at radius 2 is 0.524 bits per heavy atom. The quantitative estimate of drug-likeness (QED) is 0.112. The van der Waals surface area contributed by atoms with Crippen LogP contribution in [0, 0.1) is 0 Å². The van der Waals surface area contributed by atoms with Gasteiger partial charge in [0.15, 0.2) is 0 Å². The van der Waals surface area contributed by atoms with Gasteiger partial charge in [0.05, 0.1) is 39.0 Å². The van der Waals surface area contributed by atoms with Gasteiger partial charge >= 0.3 is 14.2 Å². The summed E-state index contributed by atoms with van der Waals surface area (Å²) in [6, 6.07) is 150. The van der Waals surface area contributed by atoms with E-state index >= 15 is 0 Å². The van der Waals surface area contributed by atoms with Gasteiger partial charge in [0.1, 0.15) is 22.3 Å². The molecule has 1 fully saturated rings. The van der Waals surface area contributed by atoms with Crippen LogP contribution in [0.4, 0.5) is 0 Å².